The zero-order chi connectivity index (χ0) is 32.2. The van der Waals surface area contributed by atoms with Crippen LogP contribution < -0.4 is 34.4 Å². The molecule has 0 spiro atoms. The van der Waals surface area contributed by atoms with E-state index in [0.29, 0.717) is 44.4 Å². The summed E-state index contributed by atoms with van der Waals surface area (Å²) in [5.41, 5.74) is 4.82. The molecule has 1 atom stereocenters. The Kier molecular flexibility index (Phi) is 8.85. The summed E-state index contributed by atoms with van der Waals surface area (Å²) in [6.07, 6.45) is 1.84. The Hall–Kier alpha value is -5.41. The van der Waals surface area contributed by atoms with Crippen LogP contribution in [0.5, 0.6) is 17.2 Å². The van der Waals surface area contributed by atoms with Crippen molar-refractivity contribution in [3.05, 3.63) is 150 Å². The Morgan fingerprint density at radius 3 is 2.37 bits per heavy atom. The van der Waals surface area contributed by atoms with Crippen molar-refractivity contribution in [3.8, 4) is 17.2 Å². The molecular weight excluding hydrogens is 598 g/mol. The predicted octanol–water partition coefficient (Wildman–Crippen LogP) is 5.78. The second-order valence-corrected chi connectivity index (χ2v) is 11.8. The van der Waals surface area contributed by atoms with Crippen molar-refractivity contribution in [2.24, 2.45) is 4.99 Å². The van der Waals surface area contributed by atoms with E-state index in [-0.39, 0.29) is 11.5 Å². The molecule has 0 bridgehead atoms. The Balaban J connectivity index is 1.41. The number of allylic oxidation sites excluding steroid dienone is 1. The van der Waals surface area contributed by atoms with Crippen LogP contribution in [0.1, 0.15) is 35.2 Å². The summed E-state index contributed by atoms with van der Waals surface area (Å²) in [6, 6.07) is 29.5. The number of aryl methyl sites for hydroxylation is 1. The van der Waals surface area contributed by atoms with Gasteiger partial charge in [0.2, 0.25) is 0 Å². The minimum atomic E-state index is -0.693. The normalized spacial score (nSPS) is 14.3. The fourth-order valence-electron chi connectivity index (χ4n) is 5.46. The third-order valence-electron chi connectivity index (χ3n) is 7.81. The lowest BCUT2D eigenvalue weighted by Gasteiger charge is -2.25. The number of para-hydroxylation sites is 2. The molecule has 0 radical (unpaired) electrons. The van der Waals surface area contributed by atoms with Gasteiger partial charge in [-0.15, -0.1) is 0 Å². The predicted molar refractivity (Wildman–Crippen MR) is 180 cm³/mol. The Morgan fingerprint density at radius 2 is 1.65 bits per heavy atom. The maximum atomic E-state index is 14.2. The first-order valence-corrected chi connectivity index (χ1v) is 15.6. The lowest BCUT2D eigenvalue weighted by atomic mass is 9.95. The van der Waals surface area contributed by atoms with E-state index in [4.69, 9.17) is 19.2 Å². The minimum Gasteiger partial charge on any atom is -0.497 e. The highest BCUT2D eigenvalue weighted by atomic mass is 32.1. The van der Waals surface area contributed by atoms with Crippen LogP contribution in [-0.4, -0.2) is 24.7 Å². The van der Waals surface area contributed by atoms with Crippen LogP contribution in [0, 0.1) is 6.92 Å². The standard InChI is InChI=1S/C37H33N3O5S/c1-23-10-8-9-13-30(23)45-22-27-20-25(14-19-31(27)44-4)21-32-36(42)40-34(26-15-17-29(43-3)18-16-26)33(24(2)38-37(40)46-32)35(41)39-28-11-6-5-7-12-28/h5-21,34H,22H2,1-4H3,(H,39,41). The summed E-state index contributed by atoms with van der Waals surface area (Å²) in [5, 5.41) is 2.98. The van der Waals surface area contributed by atoms with Crippen molar-refractivity contribution in [2.45, 2.75) is 26.5 Å². The molecule has 46 heavy (non-hydrogen) atoms. The first-order valence-electron chi connectivity index (χ1n) is 14.7. The van der Waals surface area contributed by atoms with Crippen LogP contribution in [0.15, 0.2) is 118 Å². The van der Waals surface area contributed by atoms with Crippen LogP contribution in [-0.2, 0) is 11.4 Å². The molecule has 0 aliphatic carbocycles. The van der Waals surface area contributed by atoms with E-state index in [1.165, 1.54) is 11.3 Å². The number of thiazole rings is 1. The molecule has 0 fully saturated rings. The number of fused-ring (bicyclic) bond motifs is 1. The molecule has 0 saturated heterocycles. The molecule has 5 aromatic rings. The number of rotatable bonds is 9. The van der Waals surface area contributed by atoms with Crippen molar-refractivity contribution in [2.75, 3.05) is 19.5 Å². The second kappa shape index (κ2) is 13.3. The summed E-state index contributed by atoms with van der Waals surface area (Å²) < 4.78 is 19.2. The molecule has 1 aliphatic rings. The zero-order valence-electron chi connectivity index (χ0n) is 25.9. The number of carbonyl (C=O) groups excluding carboxylic acids is 1. The molecule has 6 rings (SSSR count). The Labute approximate surface area is 270 Å². The largest absolute Gasteiger partial charge is 0.497 e. The Bertz CT molecular complexity index is 2120. The summed E-state index contributed by atoms with van der Waals surface area (Å²) >= 11 is 1.29. The highest BCUT2D eigenvalue weighted by Gasteiger charge is 2.32. The number of carbonyl (C=O) groups is 1. The number of amides is 1. The van der Waals surface area contributed by atoms with Gasteiger partial charge in [0, 0.05) is 11.3 Å². The van der Waals surface area contributed by atoms with Gasteiger partial charge in [-0.2, -0.15) is 0 Å². The molecule has 9 heteroatoms. The van der Waals surface area contributed by atoms with Gasteiger partial charge in [-0.3, -0.25) is 14.2 Å². The van der Waals surface area contributed by atoms with Gasteiger partial charge < -0.3 is 19.5 Å². The number of nitrogens with one attached hydrogen (secondary N) is 1. The van der Waals surface area contributed by atoms with Gasteiger partial charge >= 0.3 is 0 Å². The molecular formula is C37H33N3O5S. The van der Waals surface area contributed by atoms with E-state index in [1.54, 1.807) is 25.7 Å². The number of methoxy groups -OCH3 is 2. The smallest absolute Gasteiger partial charge is 0.271 e. The number of hydrogen-bond donors (Lipinski definition) is 1. The fraction of sp³-hybridized carbons (Fsp3) is 0.162. The van der Waals surface area contributed by atoms with Crippen molar-refractivity contribution in [1.29, 1.82) is 0 Å². The molecule has 1 aromatic heterocycles. The van der Waals surface area contributed by atoms with E-state index < -0.39 is 6.04 Å². The number of nitrogens with zero attached hydrogens (tertiary/aromatic N) is 2. The van der Waals surface area contributed by atoms with Gasteiger partial charge in [0.25, 0.3) is 11.5 Å². The van der Waals surface area contributed by atoms with Crippen molar-refractivity contribution in [3.63, 3.8) is 0 Å². The quantitative estimate of drug-likeness (QED) is 0.223. The van der Waals surface area contributed by atoms with Gasteiger partial charge in [-0.05, 0) is 79.1 Å². The van der Waals surface area contributed by atoms with Crippen LogP contribution in [0.2, 0.25) is 0 Å². The maximum Gasteiger partial charge on any atom is 0.271 e. The molecule has 4 aromatic carbocycles. The minimum absolute atomic E-state index is 0.240. The summed E-state index contributed by atoms with van der Waals surface area (Å²) in [4.78, 5) is 33.2. The first-order chi connectivity index (χ1) is 22.4. The molecule has 2 heterocycles. The lowest BCUT2D eigenvalue weighted by Crippen LogP contribution is -2.40. The summed E-state index contributed by atoms with van der Waals surface area (Å²) in [5.74, 6) is 1.84. The second-order valence-electron chi connectivity index (χ2n) is 10.8. The van der Waals surface area contributed by atoms with Crippen LogP contribution in [0.3, 0.4) is 0 Å². The van der Waals surface area contributed by atoms with Crippen molar-refractivity contribution >= 4 is 29.0 Å². The summed E-state index contributed by atoms with van der Waals surface area (Å²) in [7, 11) is 3.22. The number of anilines is 1. The number of hydrogen-bond acceptors (Lipinski definition) is 7. The van der Waals surface area contributed by atoms with Crippen molar-refractivity contribution in [1.82, 2.24) is 4.57 Å². The van der Waals surface area contributed by atoms with Crippen LogP contribution in [0.4, 0.5) is 5.69 Å². The Morgan fingerprint density at radius 1 is 0.913 bits per heavy atom. The lowest BCUT2D eigenvalue weighted by molar-refractivity contribution is -0.113. The molecule has 1 amide bonds. The third-order valence-corrected chi connectivity index (χ3v) is 8.79. The van der Waals surface area contributed by atoms with Crippen LogP contribution in [0.25, 0.3) is 6.08 Å². The molecule has 232 valence electrons. The molecule has 8 nitrogen and oxygen atoms in total. The number of ether oxygens (including phenoxy) is 3. The van der Waals surface area contributed by atoms with Crippen molar-refractivity contribution < 1.29 is 19.0 Å². The molecule has 0 saturated carbocycles. The average molecular weight is 632 g/mol. The molecule has 1 unspecified atom stereocenters. The van der Waals surface area contributed by atoms with E-state index >= 15 is 0 Å². The average Bonchev–Trinajstić information content (AvgIpc) is 3.37. The highest BCUT2D eigenvalue weighted by Crippen LogP contribution is 2.32. The van der Waals surface area contributed by atoms with Gasteiger partial charge in [-0.25, -0.2) is 4.99 Å². The first kappa shape index (κ1) is 30.6. The third kappa shape index (κ3) is 6.23. The van der Waals surface area contributed by atoms with E-state index in [0.717, 1.165) is 28.0 Å². The van der Waals surface area contributed by atoms with Gasteiger partial charge in [-0.1, -0.05) is 65.9 Å². The van der Waals surface area contributed by atoms with E-state index in [2.05, 4.69) is 5.32 Å². The van der Waals surface area contributed by atoms with E-state index in [1.807, 2.05) is 110 Å². The fourth-order valence-corrected chi connectivity index (χ4v) is 6.51. The van der Waals surface area contributed by atoms with Gasteiger partial charge in [0.15, 0.2) is 4.80 Å². The van der Waals surface area contributed by atoms with E-state index in [9.17, 15) is 9.59 Å². The molecule has 1 N–H and O–H groups in total. The maximum absolute atomic E-state index is 14.2. The molecule has 1 aliphatic heterocycles. The number of aromatic nitrogens is 1. The highest BCUT2D eigenvalue weighted by molar-refractivity contribution is 7.07. The number of benzene rings is 4. The topological polar surface area (TPSA) is 91.2 Å². The SMILES string of the molecule is COc1ccc(C2C(C(=O)Nc3ccccc3)=C(C)N=c3sc(=Cc4ccc(OC)c(COc5ccccc5C)c4)c(=O)n32)cc1. The monoisotopic (exact) mass is 631 g/mol. The van der Waals surface area contributed by atoms with Crippen LogP contribution >= 0.6 is 11.3 Å². The summed E-state index contributed by atoms with van der Waals surface area (Å²) in [6.45, 7) is 4.10. The van der Waals surface area contributed by atoms with Gasteiger partial charge in [0.1, 0.15) is 23.9 Å². The zero-order valence-corrected chi connectivity index (χ0v) is 26.8. The van der Waals surface area contributed by atoms with Gasteiger partial charge in [0.05, 0.1) is 36.1 Å².